The number of aromatic nitrogens is 1. The summed E-state index contributed by atoms with van der Waals surface area (Å²) < 4.78 is 59.6. The highest BCUT2D eigenvalue weighted by molar-refractivity contribution is 6.43. The van der Waals surface area contributed by atoms with Crippen LogP contribution in [-0.2, 0) is 27.5 Å². The van der Waals surface area contributed by atoms with E-state index in [-0.39, 0.29) is 41.4 Å². The van der Waals surface area contributed by atoms with Gasteiger partial charge in [-0.3, -0.25) is 14.4 Å². The highest BCUT2D eigenvalue weighted by Gasteiger charge is 2.35. The van der Waals surface area contributed by atoms with Gasteiger partial charge in [-0.2, -0.15) is 13.2 Å². The Kier molecular flexibility index (Phi) is 8.93. The maximum Gasteiger partial charge on any atom is 0.419 e. The SMILES string of the molecule is Cc1c(C(=O)C(=O)NC(C)(C)COCC(C)(C)C=O)c(C)n(C)c1C(=O)Nc1ccc(F)c(C(F)(F)F)c1. The molecule has 0 saturated carbocycles. The maximum absolute atomic E-state index is 13.6. The van der Waals surface area contributed by atoms with Crippen LogP contribution in [-0.4, -0.2) is 47.2 Å². The van der Waals surface area contributed by atoms with Crippen molar-refractivity contribution in [3.63, 3.8) is 0 Å². The summed E-state index contributed by atoms with van der Waals surface area (Å²) in [7, 11) is 1.46. The molecule has 0 bridgehead atoms. The molecule has 0 spiro atoms. The van der Waals surface area contributed by atoms with Crippen molar-refractivity contribution in [2.75, 3.05) is 18.5 Å². The lowest BCUT2D eigenvalue weighted by molar-refractivity contribution is -0.140. The number of hydrogen-bond donors (Lipinski definition) is 2. The van der Waals surface area contributed by atoms with Crippen LogP contribution in [0.2, 0.25) is 0 Å². The summed E-state index contributed by atoms with van der Waals surface area (Å²) in [4.78, 5) is 49.9. The molecule has 12 heteroatoms. The summed E-state index contributed by atoms with van der Waals surface area (Å²) >= 11 is 0. The molecule has 2 amide bonds. The molecule has 0 aliphatic carbocycles. The fourth-order valence-electron chi connectivity index (χ4n) is 3.76. The van der Waals surface area contributed by atoms with Gasteiger partial charge in [-0.1, -0.05) is 13.8 Å². The molecule has 0 aliphatic rings. The molecule has 8 nitrogen and oxygen atoms in total. The minimum atomic E-state index is -4.96. The van der Waals surface area contributed by atoms with Crippen LogP contribution in [0.25, 0.3) is 0 Å². The van der Waals surface area contributed by atoms with E-state index in [1.54, 1.807) is 27.7 Å². The van der Waals surface area contributed by atoms with E-state index in [4.69, 9.17) is 4.74 Å². The predicted molar refractivity (Wildman–Crippen MR) is 131 cm³/mol. The number of hydrogen-bond acceptors (Lipinski definition) is 5. The van der Waals surface area contributed by atoms with Gasteiger partial charge in [-0.15, -0.1) is 0 Å². The molecule has 0 aliphatic heterocycles. The van der Waals surface area contributed by atoms with Crippen molar-refractivity contribution < 1.29 is 41.5 Å². The number of ether oxygens (including phenoxy) is 1. The molecule has 1 heterocycles. The predicted octanol–water partition coefficient (Wildman–Crippen LogP) is 4.37. The van der Waals surface area contributed by atoms with Crippen molar-refractivity contribution in [1.82, 2.24) is 9.88 Å². The molecule has 0 radical (unpaired) electrons. The van der Waals surface area contributed by atoms with Gasteiger partial charge in [0.1, 0.15) is 17.8 Å². The summed E-state index contributed by atoms with van der Waals surface area (Å²) in [6.07, 6.45) is -4.21. The maximum atomic E-state index is 13.6. The third kappa shape index (κ3) is 7.06. The molecule has 0 saturated heterocycles. The average Bonchev–Trinajstić information content (AvgIpc) is 3.01. The first-order valence-corrected chi connectivity index (χ1v) is 11.6. The Bertz CT molecular complexity index is 1260. The fourth-order valence-corrected chi connectivity index (χ4v) is 3.76. The van der Waals surface area contributed by atoms with Gasteiger partial charge in [0.05, 0.1) is 29.9 Å². The van der Waals surface area contributed by atoms with Crippen molar-refractivity contribution >= 4 is 29.6 Å². The molecule has 2 rings (SSSR count). The van der Waals surface area contributed by atoms with Gasteiger partial charge in [0.2, 0.25) is 0 Å². The number of alkyl halides is 3. The molecule has 208 valence electrons. The number of benzene rings is 1. The van der Waals surface area contributed by atoms with Gasteiger partial charge in [-0.25, -0.2) is 4.39 Å². The lowest BCUT2D eigenvalue weighted by Gasteiger charge is -2.27. The van der Waals surface area contributed by atoms with E-state index in [1.165, 1.54) is 25.5 Å². The second kappa shape index (κ2) is 11.1. The Labute approximate surface area is 217 Å². The van der Waals surface area contributed by atoms with E-state index in [2.05, 4.69) is 10.6 Å². The lowest BCUT2D eigenvalue weighted by Crippen LogP contribution is -2.50. The quantitative estimate of drug-likeness (QED) is 0.201. The molecular weight excluding hydrogens is 510 g/mol. The number of nitrogens with zero attached hydrogens (tertiary/aromatic N) is 1. The van der Waals surface area contributed by atoms with Crippen molar-refractivity contribution in [3.8, 4) is 0 Å². The monoisotopic (exact) mass is 541 g/mol. The number of halogens is 4. The first-order valence-electron chi connectivity index (χ1n) is 11.6. The van der Waals surface area contributed by atoms with Gasteiger partial charge >= 0.3 is 6.18 Å². The van der Waals surface area contributed by atoms with Gasteiger partial charge in [0, 0.05) is 23.8 Å². The van der Waals surface area contributed by atoms with Gasteiger partial charge in [0.25, 0.3) is 17.6 Å². The number of anilines is 1. The third-order valence-corrected chi connectivity index (χ3v) is 5.82. The average molecular weight is 542 g/mol. The van der Waals surface area contributed by atoms with Crippen LogP contribution in [0.5, 0.6) is 0 Å². The molecule has 2 N–H and O–H groups in total. The molecule has 38 heavy (non-hydrogen) atoms. The van der Waals surface area contributed by atoms with Crippen LogP contribution in [0.1, 0.15) is 65.4 Å². The summed E-state index contributed by atoms with van der Waals surface area (Å²) in [5.41, 5.74) is -3.20. The minimum Gasteiger partial charge on any atom is -0.378 e. The fraction of sp³-hybridized carbons (Fsp3) is 0.462. The zero-order valence-corrected chi connectivity index (χ0v) is 22.2. The topological polar surface area (TPSA) is 106 Å². The number of Topliss-reactive ketones (excluding diaryl/α,β-unsaturated/α-hetero) is 1. The Morgan fingerprint density at radius 1 is 1.05 bits per heavy atom. The van der Waals surface area contributed by atoms with Crippen LogP contribution in [0, 0.1) is 25.1 Å². The number of aldehydes is 1. The van der Waals surface area contributed by atoms with Crippen molar-refractivity contribution in [2.24, 2.45) is 12.5 Å². The van der Waals surface area contributed by atoms with E-state index in [0.29, 0.717) is 12.1 Å². The van der Waals surface area contributed by atoms with Gasteiger partial charge < -0.3 is 24.7 Å². The van der Waals surface area contributed by atoms with Crippen molar-refractivity contribution in [2.45, 2.75) is 53.3 Å². The summed E-state index contributed by atoms with van der Waals surface area (Å²) in [6.45, 7) is 9.72. The molecule has 2 aromatic rings. The summed E-state index contributed by atoms with van der Waals surface area (Å²) in [5.74, 6) is -4.21. The summed E-state index contributed by atoms with van der Waals surface area (Å²) in [6, 6.07) is 2.04. The van der Waals surface area contributed by atoms with E-state index in [1.807, 2.05) is 0 Å². The third-order valence-electron chi connectivity index (χ3n) is 5.82. The Hall–Kier alpha value is -3.54. The highest BCUT2D eigenvalue weighted by atomic mass is 19.4. The molecular formula is C26H31F4N3O5. The lowest BCUT2D eigenvalue weighted by atomic mass is 9.97. The van der Waals surface area contributed by atoms with Crippen molar-refractivity contribution in [3.05, 3.63) is 52.1 Å². The number of carbonyl (C=O) groups excluding carboxylic acids is 4. The van der Waals surface area contributed by atoms with Crippen LogP contribution >= 0.6 is 0 Å². The number of ketones is 1. The Morgan fingerprint density at radius 3 is 2.21 bits per heavy atom. The van der Waals surface area contributed by atoms with Gasteiger partial charge in [0.15, 0.2) is 0 Å². The van der Waals surface area contributed by atoms with E-state index in [9.17, 15) is 36.7 Å². The highest BCUT2D eigenvalue weighted by Crippen LogP contribution is 2.33. The number of carbonyl (C=O) groups is 4. The minimum absolute atomic E-state index is 0.0152. The van der Waals surface area contributed by atoms with E-state index >= 15 is 0 Å². The molecule has 0 fully saturated rings. The second-order valence-electron chi connectivity index (χ2n) is 10.4. The largest absolute Gasteiger partial charge is 0.419 e. The first-order chi connectivity index (χ1) is 17.3. The second-order valence-corrected chi connectivity index (χ2v) is 10.4. The first kappa shape index (κ1) is 30.7. The number of nitrogens with one attached hydrogen (secondary N) is 2. The molecule has 0 atom stereocenters. The van der Waals surface area contributed by atoms with Crippen LogP contribution in [0.15, 0.2) is 18.2 Å². The smallest absolute Gasteiger partial charge is 0.378 e. The molecule has 1 aromatic heterocycles. The molecule has 0 unspecified atom stereocenters. The molecule has 1 aromatic carbocycles. The zero-order chi connectivity index (χ0) is 29.2. The van der Waals surface area contributed by atoms with E-state index < -0.39 is 46.1 Å². The number of amides is 2. The van der Waals surface area contributed by atoms with Crippen LogP contribution in [0.4, 0.5) is 23.2 Å². The Balaban J connectivity index is 2.25. The zero-order valence-electron chi connectivity index (χ0n) is 22.2. The van der Waals surface area contributed by atoms with Crippen LogP contribution < -0.4 is 10.6 Å². The number of rotatable bonds is 10. The Morgan fingerprint density at radius 2 is 1.66 bits per heavy atom. The normalized spacial score (nSPS) is 12.3. The van der Waals surface area contributed by atoms with Crippen molar-refractivity contribution in [1.29, 1.82) is 0 Å². The summed E-state index contributed by atoms with van der Waals surface area (Å²) in [5, 5.41) is 4.87. The van der Waals surface area contributed by atoms with E-state index in [0.717, 1.165) is 12.4 Å². The van der Waals surface area contributed by atoms with Crippen LogP contribution in [0.3, 0.4) is 0 Å². The standard InChI is InChI=1S/C26H31F4N3O5/c1-14-19(21(35)23(37)32-25(5,6)13-38-12-24(3,4)11-34)15(2)33(7)20(14)22(36)31-16-8-9-18(27)17(10-16)26(28,29)30/h8-11H,12-13H2,1-7H3,(H,31,36)(H,32,37). The van der Waals surface area contributed by atoms with Gasteiger partial charge in [-0.05, 0) is 51.5 Å².